The molecule has 56 valence electrons. The Balaban J connectivity index is 2.91. The number of halogens is 2. The standard InChI is InChI=1S/C8H4F2O/c9-6-3-5-1-2-11-8(5)7(10)4-6/h1-4H. The molecule has 0 bridgehead atoms. The van der Waals surface area contributed by atoms with Crippen LogP contribution in [0.25, 0.3) is 11.0 Å². The van der Waals surface area contributed by atoms with Crippen molar-refractivity contribution in [2.45, 2.75) is 0 Å². The highest BCUT2D eigenvalue weighted by atomic mass is 19.1. The highest BCUT2D eigenvalue weighted by Crippen LogP contribution is 2.19. The zero-order valence-electron chi connectivity index (χ0n) is 5.47. The summed E-state index contributed by atoms with van der Waals surface area (Å²) in [5, 5.41) is 0.447. The Kier molecular flexibility index (Phi) is 1.18. The highest BCUT2D eigenvalue weighted by molar-refractivity contribution is 5.77. The first kappa shape index (κ1) is 6.34. The van der Waals surface area contributed by atoms with Crippen LogP contribution >= 0.6 is 0 Å². The van der Waals surface area contributed by atoms with E-state index in [1.165, 1.54) is 18.4 Å². The molecule has 2 rings (SSSR count). The van der Waals surface area contributed by atoms with Crippen molar-refractivity contribution in [2.75, 3.05) is 0 Å². The molecule has 1 aromatic carbocycles. The maximum Gasteiger partial charge on any atom is 0.169 e. The Bertz CT molecular complexity index is 392. The number of fused-ring (bicyclic) bond motifs is 1. The number of hydrogen-bond donors (Lipinski definition) is 0. The van der Waals surface area contributed by atoms with Gasteiger partial charge < -0.3 is 4.42 Å². The predicted molar refractivity (Wildman–Crippen MR) is 36.1 cm³/mol. The van der Waals surface area contributed by atoms with Crippen molar-refractivity contribution in [3.05, 3.63) is 36.1 Å². The van der Waals surface area contributed by atoms with Crippen molar-refractivity contribution in [1.29, 1.82) is 0 Å². The molecular formula is C8H4F2O. The minimum atomic E-state index is -0.662. The Labute approximate surface area is 61.2 Å². The molecule has 0 N–H and O–H groups in total. The minimum Gasteiger partial charge on any atom is -0.461 e. The van der Waals surface area contributed by atoms with Gasteiger partial charge in [0.2, 0.25) is 0 Å². The van der Waals surface area contributed by atoms with E-state index < -0.39 is 11.6 Å². The summed E-state index contributed by atoms with van der Waals surface area (Å²) in [4.78, 5) is 0. The second kappa shape index (κ2) is 2.05. The van der Waals surface area contributed by atoms with Gasteiger partial charge in [-0.3, -0.25) is 0 Å². The average molecular weight is 154 g/mol. The molecule has 0 amide bonds. The van der Waals surface area contributed by atoms with E-state index in [2.05, 4.69) is 0 Å². The summed E-state index contributed by atoms with van der Waals surface area (Å²) in [6.45, 7) is 0. The normalized spacial score (nSPS) is 10.7. The zero-order chi connectivity index (χ0) is 7.84. The van der Waals surface area contributed by atoms with E-state index in [1.807, 2.05) is 0 Å². The van der Waals surface area contributed by atoms with E-state index in [9.17, 15) is 8.78 Å². The molecule has 11 heavy (non-hydrogen) atoms. The fraction of sp³-hybridized carbons (Fsp3) is 0. The lowest BCUT2D eigenvalue weighted by Gasteiger charge is -1.90. The van der Waals surface area contributed by atoms with Crippen LogP contribution in [-0.4, -0.2) is 0 Å². The van der Waals surface area contributed by atoms with Gasteiger partial charge in [0.25, 0.3) is 0 Å². The molecule has 0 fully saturated rings. The summed E-state index contributed by atoms with van der Waals surface area (Å²) in [6, 6.07) is 3.54. The number of benzene rings is 1. The van der Waals surface area contributed by atoms with Crippen LogP contribution in [0, 0.1) is 11.6 Å². The fourth-order valence-electron chi connectivity index (χ4n) is 1.00. The Hall–Kier alpha value is -1.38. The van der Waals surface area contributed by atoms with E-state index in [4.69, 9.17) is 4.42 Å². The molecule has 3 heteroatoms. The molecule has 1 aromatic heterocycles. The van der Waals surface area contributed by atoms with Crippen LogP contribution < -0.4 is 0 Å². The summed E-state index contributed by atoms with van der Waals surface area (Å²) in [6.07, 6.45) is 1.33. The van der Waals surface area contributed by atoms with Crippen LogP contribution in [-0.2, 0) is 0 Å². The molecular weight excluding hydrogens is 150 g/mol. The predicted octanol–water partition coefficient (Wildman–Crippen LogP) is 2.71. The van der Waals surface area contributed by atoms with E-state index in [1.54, 1.807) is 0 Å². The zero-order valence-corrected chi connectivity index (χ0v) is 5.47. The van der Waals surface area contributed by atoms with Crippen molar-refractivity contribution in [3.63, 3.8) is 0 Å². The van der Waals surface area contributed by atoms with E-state index in [0.29, 0.717) is 5.39 Å². The van der Waals surface area contributed by atoms with Gasteiger partial charge in [0.05, 0.1) is 6.26 Å². The van der Waals surface area contributed by atoms with Crippen molar-refractivity contribution in [2.24, 2.45) is 0 Å². The van der Waals surface area contributed by atoms with Crippen LogP contribution in [0.3, 0.4) is 0 Å². The van der Waals surface area contributed by atoms with E-state index in [0.717, 1.165) is 6.07 Å². The summed E-state index contributed by atoms with van der Waals surface area (Å²) in [5.74, 6) is -1.25. The largest absolute Gasteiger partial charge is 0.461 e. The maximum atomic E-state index is 12.7. The topological polar surface area (TPSA) is 13.1 Å². The Morgan fingerprint density at radius 1 is 1.18 bits per heavy atom. The number of rotatable bonds is 0. The molecule has 1 heterocycles. The van der Waals surface area contributed by atoms with Crippen molar-refractivity contribution < 1.29 is 13.2 Å². The van der Waals surface area contributed by atoms with Crippen molar-refractivity contribution >= 4 is 11.0 Å². The van der Waals surface area contributed by atoms with Gasteiger partial charge in [0.1, 0.15) is 5.82 Å². The Morgan fingerprint density at radius 3 is 2.82 bits per heavy atom. The molecule has 0 aliphatic rings. The lowest BCUT2D eigenvalue weighted by Crippen LogP contribution is -1.78. The van der Waals surface area contributed by atoms with Crippen LogP contribution in [0.15, 0.2) is 28.9 Å². The van der Waals surface area contributed by atoms with Gasteiger partial charge in [0.15, 0.2) is 11.4 Å². The quantitative estimate of drug-likeness (QED) is 0.568. The minimum absolute atomic E-state index is 0.103. The smallest absolute Gasteiger partial charge is 0.169 e. The molecule has 0 saturated carbocycles. The molecule has 0 aliphatic heterocycles. The highest BCUT2D eigenvalue weighted by Gasteiger charge is 2.05. The first-order valence-corrected chi connectivity index (χ1v) is 3.09. The molecule has 0 radical (unpaired) electrons. The van der Waals surface area contributed by atoms with Crippen LogP contribution in [0.2, 0.25) is 0 Å². The molecule has 0 saturated heterocycles. The molecule has 2 aromatic rings. The van der Waals surface area contributed by atoms with Crippen LogP contribution in [0.1, 0.15) is 0 Å². The Morgan fingerprint density at radius 2 is 2.00 bits per heavy atom. The first-order chi connectivity index (χ1) is 5.27. The molecule has 0 spiro atoms. The van der Waals surface area contributed by atoms with Gasteiger partial charge in [-0.1, -0.05) is 0 Å². The summed E-state index contributed by atoms with van der Waals surface area (Å²) in [5.41, 5.74) is 0.103. The van der Waals surface area contributed by atoms with Crippen molar-refractivity contribution in [1.82, 2.24) is 0 Å². The average Bonchev–Trinajstić information content (AvgIpc) is 2.34. The number of furan rings is 1. The van der Waals surface area contributed by atoms with Gasteiger partial charge in [0, 0.05) is 11.5 Å². The van der Waals surface area contributed by atoms with Gasteiger partial charge in [-0.05, 0) is 12.1 Å². The summed E-state index contributed by atoms with van der Waals surface area (Å²) < 4.78 is 30.0. The number of hydrogen-bond acceptors (Lipinski definition) is 1. The van der Waals surface area contributed by atoms with Gasteiger partial charge in [-0.2, -0.15) is 0 Å². The molecule has 0 atom stereocenters. The summed E-state index contributed by atoms with van der Waals surface area (Å²) >= 11 is 0. The molecule has 1 nitrogen and oxygen atoms in total. The van der Waals surface area contributed by atoms with Crippen LogP contribution in [0.4, 0.5) is 8.78 Å². The van der Waals surface area contributed by atoms with Gasteiger partial charge in [-0.25, -0.2) is 8.78 Å². The third kappa shape index (κ3) is 0.888. The first-order valence-electron chi connectivity index (χ1n) is 3.09. The second-order valence-electron chi connectivity index (χ2n) is 2.23. The van der Waals surface area contributed by atoms with E-state index >= 15 is 0 Å². The third-order valence-electron chi connectivity index (χ3n) is 1.47. The van der Waals surface area contributed by atoms with Crippen LogP contribution in [0.5, 0.6) is 0 Å². The van der Waals surface area contributed by atoms with Crippen molar-refractivity contribution in [3.8, 4) is 0 Å². The maximum absolute atomic E-state index is 12.7. The lowest BCUT2D eigenvalue weighted by molar-refractivity contribution is 0.547. The summed E-state index contributed by atoms with van der Waals surface area (Å²) in [7, 11) is 0. The third-order valence-corrected chi connectivity index (χ3v) is 1.47. The second-order valence-corrected chi connectivity index (χ2v) is 2.23. The lowest BCUT2D eigenvalue weighted by atomic mass is 10.2. The van der Waals surface area contributed by atoms with E-state index in [-0.39, 0.29) is 5.58 Å². The monoisotopic (exact) mass is 154 g/mol. The van der Waals surface area contributed by atoms with Gasteiger partial charge in [-0.15, -0.1) is 0 Å². The molecule has 0 aliphatic carbocycles. The fourth-order valence-corrected chi connectivity index (χ4v) is 1.00. The van der Waals surface area contributed by atoms with Gasteiger partial charge >= 0.3 is 0 Å². The molecule has 0 unspecified atom stereocenters. The SMILES string of the molecule is Fc1cc(F)c2occc2c1.